The van der Waals surface area contributed by atoms with Crippen molar-refractivity contribution in [3.63, 3.8) is 0 Å². The summed E-state index contributed by atoms with van der Waals surface area (Å²) in [6, 6.07) is 7.31. The van der Waals surface area contributed by atoms with Crippen molar-refractivity contribution in [2.24, 2.45) is 5.92 Å². The van der Waals surface area contributed by atoms with Crippen molar-refractivity contribution >= 4 is 11.6 Å². The maximum absolute atomic E-state index is 12.0. The van der Waals surface area contributed by atoms with Crippen molar-refractivity contribution in [2.45, 2.75) is 6.42 Å². The highest BCUT2D eigenvalue weighted by Gasteiger charge is 2.29. The van der Waals surface area contributed by atoms with Gasteiger partial charge in [-0.05, 0) is 18.2 Å². The molecule has 0 atom stereocenters. The molecule has 1 aliphatic rings. The van der Waals surface area contributed by atoms with E-state index in [0.717, 1.165) is 18.9 Å². The molecule has 0 saturated carbocycles. The van der Waals surface area contributed by atoms with Crippen molar-refractivity contribution < 1.29 is 4.79 Å². The summed E-state index contributed by atoms with van der Waals surface area (Å²) < 4.78 is 0. The van der Waals surface area contributed by atoms with Crippen LogP contribution in [0.2, 0.25) is 0 Å². The third-order valence-corrected chi connectivity index (χ3v) is 3.27. The van der Waals surface area contributed by atoms with Gasteiger partial charge in [0.1, 0.15) is 17.8 Å². The number of carbonyl (C=O) groups is 1. The fourth-order valence-corrected chi connectivity index (χ4v) is 2.25. The predicted molar refractivity (Wildman–Crippen MR) is 70.9 cm³/mol. The zero-order valence-electron chi connectivity index (χ0n) is 10.4. The Balaban J connectivity index is 1.54. The van der Waals surface area contributed by atoms with Gasteiger partial charge in [0.15, 0.2) is 5.78 Å². The van der Waals surface area contributed by atoms with Crippen molar-refractivity contribution in [2.75, 3.05) is 18.0 Å². The summed E-state index contributed by atoms with van der Waals surface area (Å²) in [5.74, 6) is 1.44. The number of Topliss-reactive ketones (excluding diaryl/α,β-unsaturated/α-hetero) is 1. The van der Waals surface area contributed by atoms with Crippen molar-refractivity contribution in [3.8, 4) is 0 Å². The summed E-state index contributed by atoms with van der Waals surface area (Å²) in [6.07, 6.45) is 5.48. The van der Waals surface area contributed by atoms with Gasteiger partial charge in [-0.15, -0.1) is 0 Å². The monoisotopic (exact) mass is 254 g/mol. The number of carbonyl (C=O) groups excluding carboxylic acids is 1. The molecule has 1 fully saturated rings. The van der Waals surface area contributed by atoms with Crippen LogP contribution in [0.25, 0.3) is 0 Å². The summed E-state index contributed by atoms with van der Waals surface area (Å²) in [7, 11) is 0. The largest absolute Gasteiger partial charge is 0.356 e. The van der Waals surface area contributed by atoms with Crippen LogP contribution >= 0.6 is 0 Å². The van der Waals surface area contributed by atoms with Gasteiger partial charge in [-0.1, -0.05) is 6.07 Å². The first-order chi connectivity index (χ1) is 9.33. The Morgan fingerprint density at radius 2 is 2.11 bits per heavy atom. The van der Waals surface area contributed by atoms with Gasteiger partial charge >= 0.3 is 0 Å². The fraction of sp³-hybridized carbons (Fsp3) is 0.286. The minimum Gasteiger partial charge on any atom is -0.356 e. The second-order valence-corrected chi connectivity index (χ2v) is 4.68. The van der Waals surface area contributed by atoms with E-state index in [0.29, 0.717) is 18.0 Å². The van der Waals surface area contributed by atoms with E-state index in [1.54, 1.807) is 24.8 Å². The Kier molecular flexibility index (Phi) is 3.18. The van der Waals surface area contributed by atoms with E-state index in [1.165, 1.54) is 0 Å². The Morgan fingerprint density at radius 1 is 1.21 bits per heavy atom. The average molecular weight is 254 g/mol. The molecule has 5 heteroatoms. The maximum atomic E-state index is 12.0. The minimum absolute atomic E-state index is 0.118. The number of ketones is 1. The molecule has 2 aromatic heterocycles. The molecule has 0 spiro atoms. The second-order valence-electron chi connectivity index (χ2n) is 4.68. The topological polar surface area (TPSA) is 59.0 Å². The predicted octanol–water partition coefficient (Wildman–Crippen LogP) is 1.58. The first-order valence-electron chi connectivity index (χ1n) is 6.28. The molecular formula is C14H14N4O. The number of hydrogen-bond acceptors (Lipinski definition) is 5. The fourth-order valence-electron chi connectivity index (χ4n) is 2.25. The molecule has 0 N–H and O–H groups in total. The van der Waals surface area contributed by atoms with Crippen LogP contribution in [-0.2, 0) is 0 Å². The molecule has 3 rings (SSSR count). The minimum atomic E-state index is 0.118. The molecule has 2 aromatic rings. The third kappa shape index (κ3) is 2.59. The van der Waals surface area contributed by atoms with Gasteiger partial charge in [0.05, 0.1) is 0 Å². The van der Waals surface area contributed by atoms with Gasteiger partial charge in [-0.2, -0.15) is 0 Å². The lowest BCUT2D eigenvalue weighted by atomic mass is 9.93. The number of pyridine rings is 1. The molecule has 0 radical (unpaired) electrons. The highest BCUT2D eigenvalue weighted by atomic mass is 16.1. The van der Waals surface area contributed by atoms with E-state index in [1.807, 2.05) is 18.2 Å². The summed E-state index contributed by atoms with van der Waals surface area (Å²) in [6.45, 7) is 1.74. The van der Waals surface area contributed by atoms with Crippen LogP contribution in [-0.4, -0.2) is 33.8 Å². The SMILES string of the molecule is O=C(CC1CN(c2ccncn2)C1)c1ccccn1. The molecule has 0 amide bonds. The molecule has 1 saturated heterocycles. The van der Waals surface area contributed by atoms with E-state index in [9.17, 15) is 4.79 Å². The van der Waals surface area contributed by atoms with Crippen molar-refractivity contribution in [1.29, 1.82) is 0 Å². The van der Waals surface area contributed by atoms with Gasteiger partial charge in [-0.25, -0.2) is 9.97 Å². The quantitative estimate of drug-likeness (QED) is 0.775. The number of hydrogen-bond donors (Lipinski definition) is 0. The molecule has 0 bridgehead atoms. The molecular weight excluding hydrogens is 240 g/mol. The van der Waals surface area contributed by atoms with Crippen LogP contribution in [0, 0.1) is 5.92 Å². The molecule has 0 aromatic carbocycles. The normalized spacial score (nSPS) is 15.1. The second kappa shape index (κ2) is 5.14. The average Bonchev–Trinajstić information content (AvgIpc) is 2.44. The number of rotatable bonds is 4. The van der Waals surface area contributed by atoms with E-state index < -0.39 is 0 Å². The van der Waals surface area contributed by atoms with E-state index in [4.69, 9.17) is 0 Å². The Hall–Kier alpha value is -2.30. The van der Waals surface area contributed by atoms with E-state index in [-0.39, 0.29) is 5.78 Å². The van der Waals surface area contributed by atoms with E-state index in [2.05, 4.69) is 19.9 Å². The first kappa shape index (κ1) is 11.8. The number of nitrogens with zero attached hydrogens (tertiary/aromatic N) is 4. The molecule has 5 nitrogen and oxygen atoms in total. The summed E-state index contributed by atoms with van der Waals surface area (Å²) in [5.41, 5.74) is 0.558. The Labute approximate surface area is 111 Å². The summed E-state index contributed by atoms with van der Waals surface area (Å²) in [5, 5.41) is 0. The standard InChI is InChI=1S/C14H14N4O/c19-13(12-3-1-2-5-16-12)7-11-8-18(9-11)14-4-6-15-10-17-14/h1-6,10-11H,7-9H2. The molecule has 3 heterocycles. The third-order valence-electron chi connectivity index (χ3n) is 3.27. The van der Waals surface area contributed by atoms with Crippen LogP contribution < -0.4 is 4.90 Å². The zero-order chi connectivity index (χ0) is 13.1. The maximum Gasteiger partial charge on any atom is 0.181 e. The smallest absolute Gasteiger partial charge is 0.181 e. The van der Waals surface area contributed by atoms with E-state index >= 15 is 0 Å². The lowest BCUT2D eigenvalue weighted by molar-refractivity contribution is 0.0948. The van der Waals surface area contributed by atoms with Gasteiger partial charge in [0.25, 0.3) is 0 Å². The summed E-state index contributed by atoms with van der Waals surface area (Å²) in [4.78, 5) is 26.3. The van der Waals surface area contributed by atoms with Gasteiger partial charge in [-0.3, -0.25) is 9.78 Å². The lowest BCUT2D eigenvalue weighted by Crippen LogP contribution is -2.48. The number of aromatic nitrogens is 3. The molecule has 1 aliphatic heterocycles. The Morgan fingerprint density at radius 3 is 2.79 bits per heavy atom. The Bertz CT molecular complexity index is 552. The van der Waals surface area contributed by atoms with Gasteiger partial charge in [0.2, 0.25) is 0 Å². The van der Waals surface area contributed by atoms with Crippen LogP contribution in [0.3, 0.4) is 0 Å². The van der Waals surface area contributed by atoms with Crippen molar-refractivity contribution in [3.05, 3.63) is 48.7 Å². The van der Waals surface area contributed by atoms with Gasteiger partial charge in [0, 0.05) is 37.8 Å². The highest BCUT2D eigenvalue weighted by Crippen LogP contribution is 2.25. The molecule has 0 aliphatic carbocycles. The number of anilines is 1. The van der Waals surface area contributed by atoms with Gasteiger partial charge < -0.3 is 4.90 Å². The van der Waals surface area contributed by atoms with Crippen LogP contribution in [0.4, 0.5) is 5.82 Å². The first-order valence-corrected chi connectivity index (χ1v) is 6.28. The van der Waals surface area contributed by atoms with Crippen molar-refractivity contribution in [1.82, 2.24) is 15.0 Å². The van der Waals surface area contributed by atoms with Crippen LogP contribution in [0.1, 0.15) is 16.9 Å². The molecule has 19 heavy (non-hydrogen) atoms. The lowest BCUT2D eigenvalue weighted by Gasteiger charge is -2.39. The van der Waals surface area contributed by atoms with Crippen LogP contribution in [0.5, 0.6) is 0 Å². The molecule has 96 valence electrons. The highest BCUT2D eigenvalue weighted by molar-refractivity contribution is 5.94. The summed E-state index contributed by atoms with van der Waals surface area (Å²) >= 11 is 0. The zero-order valence-corrected chi connectivity index (χ0v) is 10.4. The molecule has 0 unspecified atom stereocenters. The van der Waals surface area contributed by atoms with Crippen LogP contribution in [0.15, 0.2) is 43.0 Å².